The number of benzene rings is 1. The van der Waals surface area contributed by atoms with E-state index in [1.807, 2.05) is 13.8 Å². The second-order valence-corrected chi connectivity index (χ2v) is 8.03. The van der Waals surface area contributed by atoms with Crippen LogP contribution in [0.3, 0.4) is 0 Å². The van der Waals surface area contributed by atoms with Gasteiger partial charge in [-0.2, -0.15) is 0 Å². The molecule has 0 bridgehead atoms. The zero-order valence-electron chi connectivity index (χ0n) is 17.6. The zero-order valence-corrected chi connectivity index (χ0v) is 18.4. The van der Waals surface area contributed by atoms with Gasteiger partial charge in [-0.15, -0.1) is 0 Å². The molecule has 2 atom stereocenters. The molecule has 7 heteroatoms. The molecule has 28 heavy (non-hydrogen) atoms. The minimum atomic E-state index is -0.352. The van der Waals surface area contributed by atoms with Crippen LogP contribution >= 0.6 is 11.6 Å². The predicted octanol–water partition coefficient (Wildman–Crippen LogP) is 3.16. The minimum absolute atomic E-state index is 0.0463. The molecular formula is C21H35ClN2O4. The van der Waals surface area contributed by atoms with Crippen molar-refractivity contribution in [2.45, 2.75) is 59.6 Å². The lowest BCUT2D eigenvalue weighted by molar-refractivity contribution is -0.132. The second kappa shape index (κ2) is 13.5. The van der Waals surface area contributed by atoms with E-state index < -0.39 is 0 Å². The fraction of sp³-hybridized carbons (Fsp3) is 0.619. The highest BCUT2D eigenvalue weighted by atomic mass is 35.5. The Balaban J connectivity index is 0.000000478. The van der Waals surface area contributed by atoms with Gasteiger partial charge < -0.3 is 20.4 Å². The second-order valence-electron chi connectivity index (χ2n) is 7.59. The summed E-state index contributed by atoms with van der Waals surface area (Å²) in [4.78, 5) is 23.5. The van der Waals surface area contributed by atoms with Crippen LogP contribution in [-0.2, 0) is 9.59 Å². The van der Waals surface area contributed by atoms with Gasteiger partial charge >= 0.3 is 0 Å². The van der Waals surface area contributed by atoms with E-state index in [9.17, 15) is 14.7 Å². The molecular weight excluding hydrogens is 380 g/mol. The normalized spacial score (nSPS) is 16.9. The van der Waals surface area contributed by atoms with Crippen molar-refractivity contribution < 1.29 is 19.8 Å². The number of nitrogens with zero attached hydrogens (tertiary/aromatic N) is 1. The van der Waals surface area contributed by atoms with Crippen molar-refractivity contribution in [3.05, 3.63) is 34.9 Å². The number of rotatable bonds is 5. The Morgan fingerprint density at radius 3 is 2.29 bits per heavy atom. The molecule has 2 unspecified atom stereocenters. The number of amides is 2. The molecule has 0 spiro atoms. The molecule has 160 valence electrons. The first kappa shape index (κ1) is 26.4. The van der Waals surface area contributed by atoms with Crippen LogP contribution in [0.5, 0.6) is 0 Å². The SMILES string of the molecule is CC.CC(C)(C)CC(=O)N1CCC(O)C1.O=CNC(CO)c1ccc(Cl)cc1. The quantitative estimate of drug-likeness (QED) is 0.645. The fourth-order valence-electron chi connectivity index (χ4n) is 2.57. The van der Waals surface area contributed by atoms with Gasteiger partial charge in [0.05, 0.1) is 18.8 Å². The lowest BCUT2D eigenvalue weighted by atomic mass is 9.92. The Morgan fingerprint density at radius 2 is 1.89 bits per heavy atom. The van der Waals surface area contributed by atoms with E-state index in [-0.39, 0.29) is 30.1 Å². The Hall–Kier alpha value is -1.63. The van der Waals surface area contributed by atoms with Gasteiger partial charge in [-0.1, -0.05) is 58.4 Å². The molecule has 0 aliphatic carbocycles. The third kappa shape index (κ3) is 10.6. The number of β-amino-alcohol motifs (C(OH)–C–C–N with tert-alkyl or cyclic N) is 1. The van der Waals surface area contributed by atoms with E-state index in [2.05, 4.69) is 26.1 Å². The number of hydrogen-bond acceptors (Lipinski definition) is 4. The Labute approximate surface area is 173 Å². The number of carbonyl (C=O) groups is 2. The smallest absolute Gasteiger partial charge is 0.223 e. The number of aliphatic hydroxyl groups excluding tert-OH is 2. The number of aliphatic hydroxyl groups is 2. The minimum Gasteiger partial charge on any atom is -0.394 e. The van der Waals surface area contributed by atoms with Crippen molar-refractivity contribution in [2.24, 2.45) is 5.41 Å². The van der Waals surface area contributed by atoms with Crippen LogP contribution in [-0.4, -0.2) is 53.2 Å². The van der Waals surface area contributed by atoms with E-state index in [1.54, 1.807) is 29.2 Å². The van der Waals surface area contributed by atoms with E-state index in [0.29, 0.717) is 24.4 Å². The van der Waals surface area contributed by atoms with Gasteiger partial charge in [0.1, 0.15) is 0 Å². The summed E-state index contributed by atoms with van der Waals surface area (Å²) in [5, 5.41) is 21.3. The lowest BCUT2D eigenvalue weighted by Crippen LogP contribution is -2.32. The van der Waals surface area contributed by atoms with Crippen LogP contribution in [0.25, 0.3) is 0 Å². The van der Waals surface area contributed by atoms with E-state index in [4.69, 9.17) is 16.7 Å². The molecule has 1 aliphatic heterocycles. The van der Waals surface area contributed by atoms with Gasteiger partial charge in [0.25, 0.3) is 0 Å². The average Bonchev–Trinajstić information content (AvgIpc) is 3.08. The number of carbonyl (C=O) groups excluding carboxylic acids is 2. The first-order valence-electron chi connectivity index (χ1n) is 9.68. The summed E-state index contributed by atoms with van der Waals surface area (Å²) >= 11 is 5.68. The van der Waals surface area contributed by atoms with Crippen molar-refractivity contribution in [3.63, 3.8) is 0 Å². The third-order valence-electron chi connectivity index (χ3n) is 3.92. The molecule has 2 amide bonds. The lowest BCUT2D eigenvalue weighted by Gasteiger charge is -2.22. The topological polar surface area (TPSA) is 89.9 Å². The van der Waals surface area contributed by atoms with E-state index in [1.165, 1.54) is 0 Å². The molecule has 1 saturated heterocycles. The molecule has 0 aromatic heterocycles. The number of nitrogens with one attached hydrogen (secondary N) is 1. The molecule has 3 N–H and O–H groups in total. The number of halogens is 1. The summed E-state index contributed by atoms with van der Waals surface area (Å²) in [7, 11) is 0. The zero-order chi connectivity index (χ0) is 21.7. The summed E-state index contributed by atoms with van der Waals surface area (Å²) in [6.45, 7) is 11.3. The number of likely N-dealkylation sites (tertiary alicyclic amines) is 1. The maximum atomic E-state index is 11.6. The molecule has 1 aromatic rings. The summed E-state index contributed by atoms with van der Waals surface area (Å²) in [6, 6.07) is 6.60. The summed E-state index contributed by atoms with van der Waals surface area (Å²) < 4.78 is 0. The van der Waals surface area contributed by atoms with Crippen molar-refractivity contribution >= 4 is 23.9 Å². The van der Waals surface area contributed by atoms with Crippen molar-refractivity contribution in [2.75, 3.05) is 19.7 Å². The van der Waals surface area contributed by atoms with Crippen molar-refractivity contribution in [1.29, 1.82) is 0 Å². The standard InChI is InChI=1S/C10H19NO2.C9H10ClNO2.C2H6/c1-10(2,3)6-9(13)11-5-4-8(12)7-11;10-8-3-1-7(2-4-8)9(5-12)11-6-13;1-2/h8,12H,4-7H2,1-3H3;1-4,6,9,12H,5H2,(H,11,13);1-2H3. The Bertz CT molecular complexity index is 573. The van der Waals surface area contributed by atoms with Crippen LogP contribution in [0.4, 0.5) is 0 Å². The van der Waals surface area contributed by atoms with Crippen LogP contribution < -0.4 is 5.32 Å². The average molecular weight is 415 g/mol. The summed E-state index contributed by atoms with van der Waals surface area (Å²) in [5.41, 5.74) is 0.879. The molecule has 1 heterocycles. The van der Waals surface area contributed by atoms with Crippen LogP contribution in [0.1, 0.15) is 59.1 Å². The first-order chi connectivity index (χ1) is 13.2. The largest absolute Gasteiger partial charge is 0.394 e. The van der Waals surface area contributed by atoms with Crippen molar-refractivity contribution in [3.8, 4) is 0 Å². The van der Waals surface area contributed by atoms with Gasteiger partial charge in [0.15, 0.2) is 0 Å². The highest BCUT2D eigenvalue weighted by Gasteiger charge is 2.27. The van der Waals surface area contributed by atoms with Gasteiger partial charge in [-0.05, 0) is 29.5 Å². The molecule has 0 saturated carbocycles. The van der Waals surface area contributed by atoms with Crippen LogP contribution in [0.15, 0.2) is 24.3 Å². The molecule has 1 aromatic carbocycles. The highest BCUT2D eigenvalue weighted by molar-refractivity contribution is 6.30. The van der Waals surface area contributed by atoms with Gasteiger partial charge in [-0.3, -0.25) is 9.59 Å². The third-order valence-corrected chi connectivity index (χ3v) is 4.17. The Kier molecular flexibility index (Phi) is 12.7. The molecule has 1 aliphatic rings. The van der Waals surface area contributed by atoms with Gasteiger partial charge in [0, 0.05) is 24.5 Å². The van der Waals surface area contributed by atoms with E-state index in [0.717, 1.165) is 18.5 Å². The van der Waals surface area contributed by atoms with Crippen LogP contribution in [0, 0.1) is 5.41 Å². The monoisotopic (exact) mass is 414 g/mol. The van der Waals surface area contributed by atoms with Crippen molar-refractivity contribution in [1.82, 2.24) is 10.2 Å². The fourth-order valence-corrected chi connectivity index (χ4v) is 2.69. The van der Waals surface area contributed by atoms with Crippen LogP contribution in [0.2, 0.25) is 5.02 Å². The molecule has 2 rings (SSSR count). The van der Waals surface area contributed by atoms with Gasteiger partial charge in [-0.25, -0.2) is 0 Å². The first-order valence-corrected chi connectivity index (χ1v) is 10.1. The van der Waals surface area contributed by atoms with E-state index >= 15 is 0 Å². The summed E-state index contributed by atoms with van der Waals surface area (Å²) in [6.07, 6.45) is 1.56. The Morgan fingerprint density at radius 1 is 1.32 bits per heavy atom. The number of hydrogen-bond donors (Lipinski definition) is 3. The summed E-state index contributed by atoms with van der Waals surface area (Å²) in [5.74, 6) is 0.170. The highest BCUT2D eigenvalue weighted by Crippen LogP contribution is 2.21. The molecule has 0 radical (unpaired) electrons. The predicted molar refractivity (Wildman–Crippen MR) is 113 cm³/mol. The molecule has 6 nitrogen and oxygen atoms in total. The molecule has 1 fully saturated rings. The van der Waals surface area contributed by atoms with Gasteiger partial charge in [0.2, 0.25) is 12.3 Å². The maximum Gasteiger partial charge on any atom is 0.223 e. The maximum absolute atomic E-state index is 11.6.